The number of hydrogen-bond acceptors (Lipinski definition) is 6. The number of aryl methyl sites for hydroxylation is 2. The lowest BCUT2D eigenvalue weighted by atomic mass is 10.3. The summed E-state index contributed by atoms with van der Waals surface area (Å²) in [5.41, 5.74) is 3.12. The Morgan fingerprint density at radius 2 is 2.00 bits per heavy atom. The zero-order chi connectivity index (χ0) is 17.8. The summed E-state index contributed by atoms with van der Waals surface area (Å²) < 4.78 is 1.92. The summed E-state index contributed by atoms with van der Waals surface area (Å²) in [6.45, 7) is 7.03. The van der Waals surface area contributed by atoms with E-state index in [0.29, 0.717) is 18.9 Å². The van der Waals surface area contributed by atoms with E-state index in [-0.39, 0.29) is 5.91 Å². The highest BCUT2D eigenvalue weighted by atomic mass is 32.1. The second-order valence-electron chi connectivity index (χ2n) is 5.72. The molecule has 0 aliphatic heterocycles. The number of nitrogens with zero attached hydrogens (tertiary/aromatic N) is 4. The van der Waals surface area contributed by atoms with Gasteiger partial charge in [-0.25, -0.2) is 15.0 Å². The number of hydrogen-bond donors (Lipinski definition) is 2. The van der Waals surface area contributed by atoms with Crippen LogP contribution in [0, 0.1) is 20.8 Å². The molecule has 0 saturated carbocycles. The number of anilines is 1. The number of carbonyl (C=O) groups excluding carboxylic acids is 1. The Balaban J connectivity index is 1.54. The van der Waals surface area contributed by atoms with Gasteiger partial charge in [0.1, 0.15) is 24.3 Å². The van der Waals surface area contributed by atoms with Crippen LogP contribution in [0.3, 0.4) is 0 Å². The van der Waals surface area contributed by atoms with Crippen molar-refractivity contribution in [2.75, 3.05) is 18.4 Å². The van der Waals surface area contributed by atoms with Gasteiger partial charge < -0.3 is 10.6 Å². The van der Waals surface area contributed by atoms with Crippen LogP contribution in [0.25, 0.3) is 5.82 Å². The highest BCUT2D eigenvalue weighted by Crippen LogP contribution is 2.14. The topological polar surface area (TPSA) is 84.7 Å². The van der Waals surface area contributed by atoms with E-state index in [9.17, 15) is 4.79 Å². The minimum absolute atomic E-state index is 0.0483. The van der Waals surface area contributed by atoms with Gasteiger partial charge in [0.05, 0.1) is 10.6 Å². The second-order valence-corrected chi connectivity index (χ2v) is 6.63. The summed E-state index contributed by atoms with van der Waals surface area (Å²) in [6.07, 6.45) is 3.26. The average molecular weight is 356 g/mol. The summed E-state index contributed by atoms with van der Waals surface area (Å²) in [5, 5.41) is 8.06. The van der Waals surface area contributed by atoms with Crippen molar-refractivity contribution in [3.05, 3.63) is 52.0 Å². The molecule has 2 N–H and O–H groups in total. The third-order valence-electron chi connectivity index (χ3n) is 3.82. The molecule has 3 aromatic heterocycles. The lowest BCUT2D eigenvalue weighted by Crippen LogP contribution is -2.28. The van der Waals surface area contributed by atoms with E-state index in [2.05, 4.69) is 25.6 Å². The maximum Gasteiger partial charge on any atom is 0.261 e. The molecular formula is C17H20N6OS. The molecule has 0 fully saturated rings. The van der Waals surface area contributed by atoms with E-state index >= 15 is 0 Å². The Hall–Kier alpha value is -2.74. The standard InChI is InChI=1S/C17H20N6OS/c1-11-6-14(25-8-11)17(24)19-5-4-18-15-7-16(21-9-20-15)23-10-22-12(2)13(23)3/h6-10H,4-5H2,1-3H3,(H,19,24)(H,18,20,21). The third-order valence-corrected chi connectivity index (χ3v) is 4.87. The van der Waals surface area contributed by atoms with Gasteiger partial charge in [0.15, 0.2) is 0 Å². The van der Waals surface area contributed by atoms with Crippen LogP contribution in [0.15, 0.2) is 30.2 Å². The van der Waals surface area contributed by atoms with E-state index in [1.807, 2.05) is 42.9 Å². The zero-order valence-corrected chi connectivity index (χ0v) is 15.2. The molecule has 3 rings (SSSR count). The molecule has 0 aliphatic rings. The fraction of sp³-hybridized carbons (Fsp3) is 0.294. The molecule has 3 aromatic rings. The van der Waals surface area contributed by atoms with Crippen molar-refractivity contribution < 1.29 is 4.79 Å². The van der Waals surface area contributed by atoms with Crippen molar-refractivity contribution in [1.29, 1.82) is 0 Å². The molecule has 7 nitrogen and oxygen atoms in total. The molecule has 0 atom stereocenters. The molecule has 0 radical (unpaired) electrons. The molecule has 0 unspecified atom stereocenters. The summed E-state index contributed by atoms with van der Waals surface area (Å²) in [4.78, 5) is 25.5. The fourth-order valence-corrected chi connectivity index (χ4v) is 3.12. The third kappa shape index (κ3) is 4.03. The average Bonchev–Trinajstić information content (AvgIpc) is 3.18. The lowest BCUT2D eigenvalue weighted by molar-refractivity contribution is 0.0959. The van der Waals surface area contributed by atoms with Crippen LogP contribution in [-0.4, -0.2) is 38.5 Å². The molecule has 0 aliphatic carbocycles. The van der Waals surface area contributed by atoms with Crippen molar-refractivity contribution in [2.24, 2.45) is 0 Å². The Morgan fingerprint density at radius 3 is 2.68 bits per heavy atom. The molecule has 25 heavy (non-hydrogen) atoms. The number of nitrogens with one attached hydrogen (secondary N) is 2. The predicted molar refractivity (Wildman–Crippen MR) is 98.5 cm³/mol. The maximum absolute atomic E-state index is 12.0. The Labute approximate surface area is 150 Å². The van der Waals surface area contributed by atoms with E-state index in [0.717, 1.165) is 27.6 Å². The van der Waals surface area contributed by atoms with Gasteiger partial charge >= 0.3 is 0 Å². The molecule has 8 heteroatoms. The van der Waals surface area contributed by atoms with Gasteiger partial charge in [0, 0.05) is 24.8 Å². The Kier molecular flexibility index (Phi) is 5.08. The van der Waals surface area contributed by atoms with Crippen LogP contribution < -0.4 is 10.6 Å². The number of carbonyl (C=O) groups is 1. The summed E-state index contributed by atoms with van der Waals surface area (Å²) >= 11 is 1.45. The number of rotatable bonds is 6. The van der Waals surface area contributed by atoms with Crippen LogP contribution in [0.2, 0.25) is 0 Å². The molecule has 130 valence electrons. The highest BCUT2D eigenvalue weighted by molar-refractivity contribution is 7.12. The van der Waals surface area contributed by atoms with Gasteiger partial charge in [-0.3, -0.25) is 9.36 Å². The largest absolute Gasteiger partial charge is 0.368 e. The van der Waals surface area contributed by atoms with Crippen LogP contribution in [-0.2, 0) is 0 Å². The van der Waals surface area contributed by atoms with Crippen LogP contribution in [0.4, 0.5) is 5.82 Å². The summed E-state index contributed by atoms with van der Waals surface area (Å²) in [5.74, 6) is 1.42. The Bertz CT molecular complexity index is 885. The predicted octanol–water partition coefficient (Wildman–Crippen LogP) is 2.49. The first-order valence-corrected chi connectivity index (χ1v) is 8.82. The quantitative estimate of drug-likeness (QED) is 0.663. The second kappa shape index (κ2) is 7.43. The van der Waals surface area contributed by atoms with Crippen LogP contribution in [0.1, 0.15) is 26.6 Å². The molecule has 0 saturated heterocycles. The van der Waals surface area contributed by atoms with Gasteiger partial charge in [-0.15, -0.1) is 11.3 Å². The first-order valence-electron chi connectivity index (χ1n) is 7.95. The molecule has 0 aromatic carbocycles. The number of aromatic nitrogens is 4. The lowest BCUT2D eigenvalue weighted by Gasteiger charge is -2.09. The van der Waals surface area contributed by atoms with Gasteiger partial charge in [-0.2, -0.15) is 0 Å². The SMILES string of the molecule is Cc1csc(C(=O)NCCNc2cc(-n3cnc(C)c3C)ncn2)c1. The van der Waals surface area contributed by atoms with Crippen molar-refractivity contribution in [3.63, 3.8) is 0 Å². The Morgan fingerprint density at radius 1 is 1.16 bits per heavy atom. The number of thiophene rings is 1. The molecule has 3 heterocycles. The van der Waals surface area contributed by atoms with Crippen molar-refractivity contribution in [1.82, 2.24) is 24.8 Å². The number of amides is 1. The van der Waals surface area contributed by atoms with Gasteiger partial charge in [0.2, 0.25) is 0 Å². The van der Waals surface area contributed by atoms with Crippen LogP contribution in [0.5, 0.6) is 0 Å². The molecular weight excluding hydrogens is 336 g/mol. The van der Waals surface area contributed by atoms with E-state index in [4.69, 9.17) is 0 Å². The van der Waals surface area contributed by atoms with E-state index in [1.165, 1.54) is 17.7 Å². The molecule has 0 spiro atoms. The highest BCUT2D eigenvalue weighted by Gasteiger charge is 2.08. The normalized spacial score (nSPS) is 10.7. The maximum atomic E-state index is 12.0. The first kappa shape index (κ1) is 17.1. The first-order chi connectivity index (χ1) is 12.0. The van der Waals surface area contributed by atoms with Gasteiger partial charge in [-0.05, 0) is 37.8 Å². The van der Waals surface area contributed by atoms with Crippen molar-refractivity contribution in [3.8, 4) is 5.82 Å². The smallest absolute Gasteiger partial charge is 0.261 e. The van der Waals surface area contributed by atoms with E-state index in [1.54, 1.807) is 6.33 Å². The van der Waals surface area contributed by atoms with E-state index < -0.39 is 0 Å². The molecule has 1 amide bonds. The van der Waals surface area contributed by atoms with Crippen molar-refractivity contribution in [2.45, 2.75) is 20.8 Å². The minimum atomic E-state index is -0.0483. The zero-order valence-electron chi connectivity index (χ0n) is 14.4. The van der Waals surface area contributed by atoms with Crippen LogP contribution >= 0.6 is 11.3 Å². The fourth-order valence-electron chi connectivity index (χ4n) is 2.31. The minimum Gasteiger partial charge on any atom is -0.368 e. The van der Waals surface area contributed by atoms with Crippen molar-refractivity contribution >= 4 is 23.1 Å². The monoisotopic (exact) mass is 356 g/mol. The van der Waals surface area contributed by atoms with Gasteiger partial charge in [0.25, 0.3) is 5.91 Å². The summed E-state index contributed by atoms with van der Waals surface area (Å²) in [7, 11) is 0. The summed E-state index contributed by atoms with van der Waals surface area (Å²) in [6, 6.07) is 3.75. The number of imidazole rings is 1. The van der Waals surface area contributed by atoms with Gasteiger partial charge in [-0.1, -0.05) is 0 Å². The molecule has 0 bridgehead atoms.